The highest BCUT2D eigenvalue weighted by Crippen LogP contribution is 2.11. The molecule has 6 nitrogen and oxygen atoms in total. The third kappa shape index (κ3) is 10.9. The van der Waals surface area contributed by atoms with E-state index in [0.29, 0.717) is 39.6 Å². The van der Waals surface area contributed by atoms with Gasteiger partial charge < -0.3 is 24.8 Å². The first-order valence-corrected chi connectivity index (χ1v) is 10.0. The van der Waals surface area contributed by atoms with Crippen molar-refractivity contribution in [1.29, 1.82) is 0 Å². The van der Waals surface area contributed by atoms with E-state index in [-0.39, 0.29) is 24.0 Å². The number of benzene rings is 2. The summed E-state index contributed by atoms with van der Waals surface area (Å²) >= 11 is 0. The van der Waals surface area contributed by atoms with E-state index in [1.165, 1.54) is 16.7 Å². The first kappa shape index (κ1) is 26.4. The molecule has 0 aromatic heterocycles. The number of methoxy groups -OCH3 is 1. The largest absolute Gasteiger partial charge is 0.382 e. The number of halogens is 1. The zero-order valence-electron chi connectivity index (χ0n) is 17.9. The lowest BCUT2D eigenvalue weighted by atomic mass is 10.1. The molecule has 0 saturated heterocycles. The van der Waals surface area contributed by atoms with Crippen LogP contribution in [0.25, 0.3) is 0 Å². The Kier molecular flexibility index (Phi) is 15.0. The Morgan fingerprint density at radius 3 is 2.30 bits per heavy atom. The first-order valence-electron chi connectivity index (χ1n) is 10.0. The molecule has 0 aliphatic carbocycles. The van der Waals surface area contributed by atoms with Gasteiger partial charge in [-0.25, -0.2) is 0 Å². The summed E-state index contributed by atoms with van der Waals surface area (Å²) < 4.78 is 16.3. The minimum atomic E-state index is 0. The van der Waals surface area contributed by atoms with Crippen molar-refractivity contribution in [3.05, 3.63) is 71.3 Å². The summed E-state index contributed by atoms with van der Waals surface area (Å²) in [4.78, 5) is 4.28. The third-order valence-corrected chi connectivity index (χ3v) is 4.35. The van der Waals surface area contributed by atoms with Crippen molar-refractivity contribution < 1.29 is 14.2 Å². The zero-order chi connectivity index (χ0) is 20.6. The summed E-state index contributed by atoms with van der Waals surface area (Å²) in [5.41, 5.74) is 3.56. The fourth-order valence-electron chi connectivity index (χ4n) is 2.75. The second-order valence-electron chi connectivity index (χ2n) is 6.56. The lowest BCUT2D eigenvalue weighted by molar-refractivity contribution is 0.0698. The molecule has 0 radical (unpaired) electrons. The maximum Gasteiger partial charge on any atom is 0.191 e. The summed E-state index contributed by atoms with van der Waals surface area (Å²) in [5, 5.41) is 6.68. The van der Waals surface area contributed by atoms with Gasteiger partial charge in [0.05, 0.1) is 26.4 Å². The number of nitrogens with zero attached hydrogens (tertiary/aromatic N) is 1. The van der Waals surface area contributed by atoms with E-state index in [9.17, 15) is 0 Å². The monoisotopic (exact) mass is 527 g/mol. The van der Waals surface area contributed by atoms with E-state index >= 15 is 0 Å². The lowest BCUT2D eigenvalue weighted by Crippen LogP contribution is -2.37. The molecular weight excluding hydrogens is 493 g/mol. The Bertz CT molecular complexity index is 714. The van der Waals surface area contributed by atoms with Gasteiger partial charge in [-0.1, -0.05) is 54.6 Å². The van der Waals surface area contributed by atoms with Gasteiger partial charge in [0, 0.05) is 33.9 Å². The normalized spacial score (nSPS) is 11.1. The molecule has 2 N–H and O–H groups in total. The molecule has 0 saturated carbocycles. The van der Waals surface area contributed by atoms with Gasteiger partial charge in [0.1, 0.15) is 0 Å². The Balaban J connectivity index is 0.00000450. The minimum Gasteiger partial charge on any atom is -0.382 e. The highest BCUT2D eigenvalue weighted by atomic mass is 127. The second-order valence-corrected chi connectivity index (χ2v) is 6.56. The Morgan fingerprint density at radius 1 is 0.833 bits per heavy atom. The van der Waals surface area contributed by atoms with Gasteiger partial charge in [-0.2, -0.15) is 0 Å². The average Bonchev–Trinajstić information content (AvgIpc) is 2.77. The summed E-state index contributed by atoms with van der Waals surface area (Å²) in [6, 6.07) is 18.5. The number of guanidine groups is 1. The predicted octanol–water partition coefficient (Wildman–Crippen LogP) is 3.74. The second kappa shape index (κ2) is 17.0. The van der Waals surface area contributed by atoms with Crippen LogP contribution in [0.3, 0.4) is 0 Å². The molecule has 166 valence electrons. The van der Waals surface area contributed by atoms with Crippen LogP contribution in [0.1, 0.15) is 23.1 Å². The smallest absolute Gasteiger partial charge is 0.191 e. The average molecular weight is 527 g/mol. The molecule has 7 heteroatoms. The van der Waals surface area contributed by atoms with Crippen molar-refractivity contribution in [2.75, 3.05) is 40.5 Å². The third-order valence-electron chi connectivity index (χ3n) is 4.35. The van der Waals surface area contributed by atoms with E-state index in [4.69, 9.17) is 14.2 Å². The molecule has 0 unspecified atom stereocenters. The Hall–Kier alpha value is -1.68. The SMILES string of the molecule is CN=C(NCCCOCCOC)NCc1ccccc1COCc1ccccc1.I. The van der Waals surface area contributed by atoms with Crippen molar-refractivity contribution in [3.8, 4) is 0 Å². The fourth-order valence-corrected chi connectivity index (χ4v) is 2.75. The topological polar surface area (TPSA) is 64.1 Å². The van der Waals surface area contributed by atoms with Gasteiger partial charge in [0.25, 0.3) is 0 Å². The summed E-state index contributed by atoms with van der Waals surface area (Å²) in [7, 11) is 3.45. The lowest BCUT2D eigenvalue weighted by Gasteiger charge is -2.14. The number of rotatable bonds is 13. The molecule has 2 rings (SSSR count). The van der Waals surface area contributed by atoms with Crippen LogP contribution in [-0.2, 0) is 34.0 Å². The van der Waals surface area contributed by atoms with Crippen LogP contribution in [-0.4, -0.2) is 46.5 Å². The van der Waals surface area contributed by atoms with Crippen LogP contribution in [0, 0.1) is 0 Å². The van der Waals surface area contributed by atoms with E-state index in [1.807, 2.05) is 30.3 Å². The quantitative estimate of drug-likeness (QED) is 0.180. The van der Waals surface area contributed by atoms with Crippen molar-refractivity contribution in [2.45, 2.75) is 26.2 Å². The molecule has 0 aliphatic rings. The Labute approximate surface area is 197 Å². The molecule has 0 fully saturated rings. The number of nitrogens with one attached hydrogen (secondary N) is 2. The summed E-state index contributed by atoms with van der Waals surface area (Å²) in [6.45, 7) is 4.64. The van der Waals surface area contributed by atoms with Crippen LogP contribution in [0.2, 0.25) is 0 Å². The van der Waals surface area contributed by atoms with E-state index in [0.717, 1.165) is 18.9 Å². The molecule has 0 heterocycles. The molecular formula is C23H34IN3O3. The summed E-state index contributed by atoms with van der Waals surface area (Å²) in [5.74, 6) is 0.780. The van der Waals surface area contributed by atoms with Crippen LogP contribution in [0.4, 0.5) is 0 Å². The van der Waals surface area contributed by atoms with Gasteiger partial charge in [-0.15, -0.1) is 24.0 Å². The van der Waals surface area contributed by atoms with E-state index in [1.54, 1.807) is 14.2 Å². The number of ether oxygens (including phenoxy) is 3. The minimum absolute atomic E-state index is 0. The van der Waals surface area contributed by atoms with E-state index in [2.05, 4.69) is 39.9 Å². The number of hydrogen-bond donors (Lipinski definition) is 2. The molecule has 0 spiro atoms. The molecule has 30 heavy (non-hydrogen) atoms. The van der Waals surface area contributed by atoms with Crippen LogP contribution in [0.15, 0.2) is 59.6 Å². The summed E-state index contributed by atoms with van der Waals surface area (Å²) in [6.07, 6.45) is 0.911. The molecule has 0 atom stereocenters. The highest BCUT2D eigenvalue weighted by molar-refractivity contribution is 14.0. The standard InChI is InChI=1S/C23H33N3O3.HI/c1-24-23(25-13-8-14-28-16-15-27-2)26-17-21-11-6-7-12-22(21)19-29-18-20-9-4-3-5-10-20;/h3-7,9-12H,8,13-19H2,1-2H3,(H2,24,25,26);1H. The highest BCUT2D eigenvalue weighted by Gasteiger charge is 2.04. The predicted molar refractivity (Wildman–Crippen MR) is 132 cm³/mol. The molecule has 2 aromatic rings. The van der Waals surface area contributed by atoms with Crippen LogP contribution >= 0.6 is 24.0 Å². The van der Waals surface area contributed by atoms with Crippen molar-refractivity contribution in [3.63, 3.8) is 0 Å². The van der Waals surface area contributed by atoms with Crippen molar-refractivity contribution in [2.24, 2.45) is 4.99 Å². The first-order chi connectivity index (χ1) is 14.3. The van der Waals surface area contributed by atoms with Gasteiger partial charge in [0.2, 0.25) is 0 Å². The number of aliphatic imine (C=N–C) groups is 1. The van der Waals surface area contributed by atoms with E-state index < -0.39 is 0 Å². The van der Waals surface area contributed by atoms with Crippen LogP contribution in [0.5, 0.6) is 0 Å². The molecule has 0 bridgehead atoms. The molecule has 0 amide bonds. The fraction of sp³-hybridized carbons (Fsp3) is 0.435. The van der Waals surface area contributed by atoms with Crippen molar-refractivity contribution >= 4 is 29.9 Å². The van der Waals surface area contributed by atoms with Gasteiger partial charge in [-0.3, -0.25) is 4.99 Å². The van der Waals surface area contributed by atoms with Crippen LogP contribution < -0.4 is 10.6 Å². The van der Waals surface area contributed by atoms with Crippen molar-refractivity contribution in [1.82, 2.24) is 10.6 Å². The number of hydrogen-bond acceptors (Lipinski definition) is 4. The Morgan fingerprint density at radius 2 is 1.57 bits per heavy atom. The molecule has 0 aliphatic heterocycles. The van der Waals surface area contributed by atoms with Gasteiger partial charge in [0.15, 0.2) is 5.96 Å². The molecule has 2 aromatic carbocycles. The van der Waals surface area contributed by atoms with Gasteiger partial charge in [-0.05, 0) is 23.1 Å². The van der Waals surface area contributed by atoms with Gasteiger partial charge >= 0.3 is 0 Å². The maximum absolute atomic E-state index is 5.90. The zero-order valence-corrected chi connectivity index (χ0v) is 20.3. The maximum atomic E-state index is 5.90.